The molecule has 26 heavy (non-hydrogen) atoms. The molecule has 1 aromatic heterocycles. The highest BCUT2D eigenvalue weighted by atomic mass is 16.5. The van der Waals surface area contributed by atoms with Crippen molar-refractivity contribution in [2.45, 2.75) is 12.8 Å². The highest BCUT2D eigenvalue weighted by molar-refractivity contribution is 5.82. The summed E-state index contributed by atoms with van der Waals surface area (Å²) >= 11 is 0. The molecule has 0 bridgehead atoms. The van der Waals surface area contributed by atoms with Gasteiger partial charge in [0.25, 0.3) is 0 Å². The Hall–Kier alpha value is -3.08. The van der Waals surface area contributed by atoms with E-state index in [4.69, 9.17) is 14.2 Å². The maximum atomic E-state index is 5.82. The summed E-state index contributed by atoms with van der Waals surface area (Å²) in [6.07, 6.45) is 4.92. The summed E-state index contributed by atoms with van der Waals surface area (Å²) in [5, 5.41) is 0.912. The van der Waals surface area contributed by atoms with Crippen LogP contribution in [0.3, 0.4) is 0 Å². The molecule has 0 aliphatic carbocycles. The van der Waals surface area contributed by atoms with Gasteiger partial charge in [0.2, 0.25) is 5.88 Å². The van der Waals surface area contributed by atoms with Gasteiger partial charge in [-0.15, -0.1) is 6.58 Å². The van der Waals surface area contributed by atoms with E-state index in [1.807, 2.05) is 48.5 Å². The third-order valence-electron chi connectivity index (χ3n) is 3.90. The van der Waals surface area contributed by atoms with Gasteiger partial charge in [-0.3, -0.25) is 0 Å². The molecule has 0 N–H and O–H groups in total. The molecule has 0 saturated heterocycles. The van der Waals surface area contributed by atoms with Crippen LogP contribution in [0.5, 0.6) is 17.4 Å². The quantitative estimate of drug-likeness (QED) is 0.427. The number of ether oxygens (including phenoxy) is 3. The number of aromatic nitrogens is 2. The topological polar surface area (TPSA) is 53.5 Å². The summed E-state index contributed by atoms with van der Waals surface area (Å²) in [7, 11) is 1.64. The molecule has 0 atom stereocenters. The van der Waals surface area contributed by atoms with E-state index in [1.54, 1.807) is 7.11 Å². The van der Waals surface area contributed by atoms with E-state index in [1.165, 1.54) is 6.33 Å². The minimum atomic E-state index is 0.512. The first-order valence-electron chi connectivity index (χ1n) is 8.55. The number of fused-ring (bicyclic) bond motifs is 1. The van der Waals surface area contributed by atoms with Crippen molar-refractivity contribution >= 4 is 10.9 Å². The SMILES string of the molecule is C=CCc1ccc(OCCCOc2ncnc3ccccc23)c(OC)c1. The number of nitrogens with zero attached hydrogens (tertiary/aromatic N) is 2. The van der Waals surface area contributed by atoms with E-state index in [9.17, 15) is 0 Å². The van der Waals surface area contributed by atoms with Crippen molar-refractivity contribution in [1.29, 1.82) is 0 Å². The van der Waals surface area contributed by atoms with E-state index in [0.717, 1.165) is 40.8 Å². The fraction of sp³-hybridized carbons (Fsp3) is 0.238. The Bertz CT molecular complexity index is 875. The zero-order chi connectivity index (χ0) is 18.2. The summed E-state index contributed by atoms with van der Waals surface area (Å²) in [5.74, 6) is 2.06. The van der Waals surface area contributed by atoms with Crippen molar-refractivity contribution in [3.8, 4) is 17.4 Å². The molecule has 0 saturated carbocycles. The average molecular weight is 350 g/mol. The molecule has 1 heterocycles. The molecule has 0 radical (unpaired) electrons. The first-order chi connectivity index (χ1) is 12.8. The van der Waals surface area contributed by atoms with Crippen LogP contribution in [-0.4, -0.2) is 30.3 Å². The summed E-state index contributed by atoms with van der Waals surface area (Å²) in [6, 6.07) is 13.7. The molecule has 5 heteroatoms. The lowest BCUT2D eigenvalue weighted by Crippen LogP contribution is -2.07. The Balaban J connectivity index is 1.52. The lowest BCUT2D eigenvalue weighted by Gasteiger charge is -2.12. The van der Waals surface area contributed by atoms with Crippen molar-refractivity contribution in [2.75, 3.05) is 20.3 Å². The standard InChI is InChI=1S/C21H22N2O3/c1-3-7-16-10-11-19(20(14-16)24-2)25-12-6-13-26-21-17-8-4-5-9-18(17)22-15-23-21/h3-5,8-11,14-15H,1,6-7,12-13H2,2H3. The lowest BCUT2D eigenvalue weighted by molar-refractivity contribution is 0.237. The van der Waals surface area contributed by atoms with Gasteiger partial charge >= 0.3 is 0 Å². The number of hydrogen-bond acceptors (Lipinski definition) is 5. The van der Waals surface area contributed by atoms with Crippen LogP contribution in [0.15, 0.2) is 61.4 Å². The van der Waals surface area contributed by atoms with Gasteiger partial charge in [0, 0.05) is 6.42 Å². The molecule has 0 amide bonds. The Kier molecular flexibility index (Phi) is 6.04. The van der Waals surface area contributed by atoms with Crippen LogP contribution < -0.4 is 14.2 Å². The predicted molar refractivity (Wildman–Crippen MR) is 102 cm³/mol. The molecular formula is C21H22N2O3. The Labute approximate surface area is 153 Å². The van der Waals surface area contributed by atoms with E-state index < -0.39 is 0 Å². The Morgan fingerprint density at radius 2 is 1.85 bits per heavy atom. The third kappa shape index (κ3) is 4.30. The van der Waals surface area contributed by atoms with Gasteiger partial charge in [-0.05, 0) is 36.2 Å². The van der Waals surface area contributed by atoms with Crippen molar-refractivity contribution in [3.63, 3.8) is 0 Å². The molecular weight excluding hydrogens is 328 g/mol. The van der Waals surface area contributed by atoms with Crippen LogP contribution >= 0.6 is 0 Å². The molecule has 0 aliphatic rings. The van der Waals surface area contributed by atoms with Gasteiger partial charge in [0.1, 0.15) is 6.33 Å². The molecule has 134 valence electrons. The normalized spacial score (nSPS) is 10.5. The molecule has 0 unspecified atom stereocenters. The maximum Gasteiger partial charge on any atom is 0.224 e. The zero-order valence-corrected chi connectivity index (χ0v) is 14.9. The van der Waals surface area contributed by atoms with Crippen molar-refractivity contribution in [2.24, 2.45) is 0 Å². The molecule has 0 aliphatic heterocycles. The Morgan fingerprint density at radius 3 is 2.69 bits per heavy atom. The van der Waals surface area contributed by atoms with Gasteiger partial charge < -0.3 is 14.2 Å². The van der Waals surface area contributed by atoms with Crippen LogP contribution in [0.1, 0.15) is 12.0 Å². The van der Waals surface area contributed by atoms with Gasteiger partial charge in [-0.2, -0.15) is 0 Å². The number of para-hydroxylation sites is 1. The van der Waals surface area contributed by atoms with Crippen LogP contribution in [0.4, 0.5) is 0 Å². The minimum Gasteiger partial charge on any atom is -0.493 e. The second-order valence-electron chi connectivity index (χ2n) is 5.72. The summed E-state index contributed by atoms with van der Waals surface area (Å²) in [5.41, 5.74) is 2.02. The van der Waals surface area contributed by atoms with Gasteiger partial charge in [0.15, 0.2) is 11.5 Å². The summed E-state index contributed by atoms with van der Waals surface area (Å²) < 4.78 is 17.0. The number of hydrogen-bond donors (Lipinski definition) is 0. The van der Waals surface area contributed by atoms with Crippen molar-refractivity contribution in [3.05, 3.63) is 67.0 Å². The second kappa shape index (κ2) is 8.85. The number of allylic oxidation sites excluding steroid dienone is 1. The number of methoxy groups -OCH3 is 1. The van der Waals surface area contributed by atoms with Crippen LogP contribution in [0, 0.1) is 0 Å². The molecule has 3 aromatic rings. The highest BCUT2D eigenvalue weighted by Gasteiger charge is 2.06. The Morgan fingerprint density at radius 1 is 1.00 bits per heavy atom. The lowest BCUT2D eigenvalue weighted by atomic mass is 10.1. The molecule has 2 aromatic carbocycles. The summed E-state index contributed by atoms with van der Waals surface area (Å²) in [6.45, 7) is 4.79. The zero-order valence-electron chi connectivity index (χ0n) is 14.9. The third-order valence-corrected chi connectivity index (χ3v) is 3.90. The van der Waals surface area contributed by atoms with E-state index >= 15 is 0 Å². The second-order valence-corrected chi connectivity index (χ2v) is 5.72. The number of rotatable bonds is 9. The highest BCUT2D eigenvalue weighted by Crippen LogP contribution is 2.28. The van der Waals surface area contributed by atoms with Gasteiger partial charge in [-0.1, -0.05) is 24.3 Å². The first-order valence-corrected chi connectivity index (χ1v) is 8.55. The molecule has 0 spiro atoms. The predicted octanol–water partition coefficient (Wildman–Crippen LogP) is 4.21. The van der Waals surface area contributed by atoms with E-state index in [-0.39, 0.29) is 0 Å². The fourth-order valence-corrected chi connectivity index (χ4v) is 2.63. The largest absolute Gasteiger partial charge is 0.493 e. The number of benzene rings is 2. The van der Waals surface area contributed by atoms with Crippen LogP contribution in [0.2, 0.25) is 0 Å². The molecule has 0 fully saturated rings. The van der Waals surface area contributed by atoms with Gasteiger partial charge in [0.05, 0.1) is 31.2 Å². The van der Waals surface area contributed by atoms with Crippen LogP contribution in [0.25, 0.3) is 10.9 Å². The molecule has 3 rings (SSSR count). The van der Waals surface area contributed by atoms with E-state index in [2.05, 4.69) is 16.5 Å². The van der Waals surface area contributed by atoms with Crippen LogP contribution in [-0.2, 0) is 6.42 Å². The van der Waals surface area contributed by atoms with Gasteiger partial charge in [-0.25, -0.2) is 9.97 Å². The maximum absolute atomic E-state index is 5.82. The molecule has 5 nitrogen and oxygen atoms in total. The monoisotopic (exact) mass is 350 g/mol. The minimum absolute atomic E-state index is 0.512. The van der Waals surface area contributed by atoms with E-state index in [0.29, 0.717) is 19.1 Å². The summed E-state index contributed by atoms with van der Waals surface area (Å²) in [4.78, 5) is 8.44. The van der Waals surface area contributed by atoms with Crippen molar-refractivity contribution < 1.29 is 14.2 Å². The fourth-order valence-electron chi connectivity index (χ4n) is 2.63. The van der Waals surface area contributed by atoms with Crippen molar-refractivity contribution in [1.82, 2.24) is 9.97 Å². The average Bonchev–Trinajstić information content (AvgIpc) is 2.69. The smallest absolute Gasteiger partial charge is 0.224 e. The first kappa shape index (κ1) is 17.7.